The van der Waals surface area contributed by atoms with Crippen molar-refractivity contribution in [3.63, 3.8) is 0 Å². The van der Waals surface area contributed by atoms with Crippen molar-refractivity contribution in [2.24, 2.45) is 0 Å². The van der Waals surface area contributed by atoms with Crippen LogP contribution in [-0.4, -0.2) is 23.6 Å². The van der Waals surface area contributed by atoms with Crippen molar-refractivity contribution in [1.82, 2.24) is 4.98 Å². The molecule has 0 unspecified atom stereocenters. The van der Waals surface area contributed by atoms with Crippen LogP contribution in [0.1, 0.15) is 11.3 Å². The average Bonchev–Trinajstić information content (AvgIpc) is 2.26. The molecule has 0 bridgehead atoms. The molecule has 1 aromatic rings. The molecule has 0 aromatic carbocycles. The van der Waals surface area contributed by atoms with Crippen LogP contribution in [0.3, 0.4) is 0 Å². The molecule has 8 heteroatoms. The SMILES string of the molecule is COc1cnc(CCl)c(CO)c1OC(F)(F)F. The number of aliphatic hydroxyl groups is 1. The van der Waals surface area contributed by atoms with Gasteiger partial charge in [0.2, 0.25) is 0 Å². The summed E-state index contributed by atoms with van der Waals surface area (Å²) in [4.78, 5) is 3.77. The van der Waals surface area contributed by atoms with Gasteiger partial charge >= 0.3 is 6.36 Å². The van der Waals surface area contributed by atoms with Gasteiger partial charge in [0.05, 0.1) is 31.5 Å². The Morgan fingerprint density at radius 3 is 2.53 bits per heavy atom. The van der Waals surface area contributed by atoms with Crippen LogP contribution in [-0.2, 0) is 12.5 Å². The van der Waals surface area contributed by atoms with Gasteiger partial charge in [-0.25, -0.2) is 0 Å². The number of nitrogens with zero attached hydrogens (tertiary/aromatic N) is 1. The van der Waals surface area contributed by atoms with E-state index >= 15 is 0 Å². The minimum Gasteiger partial charge on any atom is -0.491 e. The fraction of sp³-hybridized carbons (Fsp3) is 0.444. The van der Waals surface area contributed by atoms with Gasteiger partial charge in [-0.05, 0) is 0 Å². The molecule has 0 spiro atoms. The maximum absolute atomic E-state index is 12.2. The van der Waals surface area contributed by atoms with Crippen molar-refractivity contribution in [1.29, 1.82) is 0 Å². The quantitative estimate of drug-likeness (QED) is 0.853. The first-order valence-electron chi connectivity index (χ1n) is 4.40. The van der Waals surface area contributed by atoms with Gasteiger partial charge in [0.25, 0.3) is 0 Å². The second-order valence-electron chi connectivity index (χ2n) is 2.92. The van der Waals surface area contributed by atoms with Crippen molar-refractivity contribution in [2.75, 3.05) is 7.11 Å². The van der Waals surface area contributed by atoms with E-state index in [1.165, 1.54) is 7.11 Å². The first kappa shape index (κ1) is 13.9. The van der Waals surface area contributed by atoms with E-state index in [0.717, 1.165) is 6.20 Å². The summed E-state index contributed by atoms with van der Waals surface area (Å²) in [6, 6.07) is 0. The van der Waals surface area contributed by atoms with E-state index in [9.17, 15) is 13.2 Å². The molecule has 0 amide bonds. The van der Waals surface area contributed by atoms with Gasteiger partial charge in [0, 0.05) is 5.56 Å². The van der Waals surface area contributed by atoms with E-state index < -0.39 is 18.7 Å². The fourth-order valence-electron chi connectivity index (χ4n) is 1.20. The van der Waals surface area contributed by atoms with Gasteiger partial charge in [-0.15, -0.1) is 24.8 Å². The Kier molecular flexibility index (Phi) is 4.41. The predicted molar refractivity (Wildman–Crippen MR) is 53.0 cm³/mol. The monoisotopic (exact) mass is 271 g/mol. The molecule has 0 aliphatic rings. The Morgan fingerprint density at radius 1 is 1.47 bits per heavy atom. The van der Waals surface area contributed by atoms with E-state index in [0.29, 0.717) is 0 Å². The number of aromatic nitrogens is 1. The summed E-state index contributed by atoms with van der Waals surface area (Å²) in [5, 5.41) is 9.05. The number of hydrogen-bond donors (Lipinski definition) is 1. The highest BCUT2D eigenvalue weighted by Gasteiger charge is 2.34. The summed E-state index contributed by atoms with van der Waals surface area (Å²) in [7, 11) is 1.17. The van der Waals surface area contributed by atoms with Crippen molar-refractivity contribution in [3.8, 4) is 11.5 Å². The molecule has 1 heterocycles. The third-order valence-corrected chi connectivity index (χ3v) is 2.16. The van der Waals surface area contributed by atoms with E-state index in [1.807, 2.05) is 0 Å². The summed E-state index contributed by atoms with van der Waals surface area (Å²) in [6.45, 7) is -0.683. The number of halogens is 4. The Bertz CT molecular complexity index is 398. The normalized spacial score (nSPS) is 11.4. The molecule has 1 N–H and O–H groups in total. The summed E-state index contributed by atoms with van der Waals surface area (Å²) in [6.07, 6.45) is -3.83. The molecule has 0 aliphatic heterocycles. The van der Waals surface area contributed by atoms with Crippen molar-refractivity contribution in [2.45, 2.75) is 18.8 Å². The Balaban J connectivity index is 3.30. The summed E-state index contributed by atoms with van der Waals surface area (Å²) < 4.78 is 45.1. The van der Waals surface area contributed by atoms with Gasteiger partial charge in [0.15, 0.2) is 11.5 Å². The number of hydrogen-bond acceptors (Lipinski definition) is 4. The summed E-state index contributed by atoms with van der Waals surface area (Å²) in [5.41, 5.74) is -0.0362. The third kappa shape index (κ3) is 3.37. The minimum atomic E-state index is -4.89. The lowest BCUT2D eigenvalue weighted by Gasteiger charge is -2.16. The summed E-state index contributed by atoms with van der Waals surface area (Å²) >= 11 is 5.50. The number of ether oxygens (including phenoxy) is 2. The number of methoxy groups -OCH3 is 1. The maximum atomic E-state index is 12.2. The Labute approximate surface area is 99.9 Å². The highest BCUT2D eigenvalue weighted by Crippen LogP contribution is 2.36. The Morgan fingerprint density at radius 2 is 2.12 bits per heavy atom. The summed E-state index contributed by atoms with van der Waals surface area (Å²) in [5.74, 6) is -0.984. The maximum Gasteiger partial charge on any atom is 0.573 e. The van der Waals surface area contributed by atoms with Gasteiger partial charge in [-0.2, -0.15) is 0 Å². The molecular weight excluding hydrogens is 263 g/mol. The molecule has 1 rings (SSSR count). The first-order valence-corrected chi connectivity index (χ1v) is 4.93. The first-order chi connectivity index (χ1) is 7.92. The predicted octanol–water partition coefficient (Wildman–Crippen LogP) is 2.22. The Hall–Kier alpha value is -1.21. The smallest absolute Gasteiger partial charge is 0.491 e. The van der Waals surface area contributed by atoms with Crippen molar-refractivity contribution < 1.29 is 27.8 Å². The molecule has 0 saturated heterocycles. The van der Waals surface area contributed by atoms with Crippen molar-refractivity contribution in [3.05, 3.63) is 17.5 Å². The van der Waals surface area contributed by atoms with Crippen LogP contribution in [0.4, 0.5) is 13.2 Å². The average molecular weight is 272 g/mol. The molecular formula is C9H9ClF3NO3. The van der Waals surface area contributed by atoms with Gasteiger partial charge in [-0.1, -0.05) is 0 Å². The number of rotatable bonds is 4. The molecule has 0 radical (unpaired) electrons. The molecule has 0 fully saturated rings. The lowest BCUT2D eigenvalue weighted by molar-refractivity contribution is -0.275. The highest BCUT2D eigenvalue weighted by molar-refractivity contribution is 6.17. The minimum absolute atomic E-state index is 0.106. The molecule has 1 aromatic heterocycles. The topological polar surface area (TPSA) is 51.6 Å². The zero-order valence-electron chi connectivity index (χ0n) is 8.71. The van der Waals surface area contributed by atoms with Crippen LogP contribution in [0.25, 0.3) is 0 Å². The zero-order chi connectivity index (χ0) is 13.1. The highest BCUT2D eigenvalue weighted by atomic mass is 35.5. The molecule has 0 aliphatic carbocycles. The molecule has 17 heavy (non-hydrogen) atoms. The van der Waals surface area contributed by atoms with E-state index in [-0.39, 0.29) is 22.9 Å². The van der Waals surface area contributed by atoms with Crippen LogP contribution in [0.15, 0.2) is 6.20 Å². The third-order valence-electron chi connectivity index (χ3n) is 1.91. The van der Waals surface area contributed by atoms with Gasteiger partial charge in [-0.3, -0.25) is 4.98 Å². The van der Waals surface area contributed by atoms with Gasteiger partial charge in [0.1, 0.15) is 0 Å². The zero-order valence-corrected chi connectivity index (χ0v) is 9.47. The molecule has 0 saturated carbocycles. The molecule has 96 valence electrons. The van der Waals surface area contributed by atoms with E-state index in [2.05, 4.69) is 9.72 Å². The van der Waals surface area contributed by atoms with Crippen LogP contribution in [0.5, 0.6) is 11.5 Å². The number of alkyl halides is 4. The number of aliphatic hydroxyl groups excluding tert-OH is 1. The fourth-order valence-corrected chi connectivity index (χ4v) is 1.43. The van der Waals surface area contributed by atoms with Crippen LogP contribution in [0, 0.1) is 0 Å². The standard InChI is InChI=1S/C9H9ClF3NO3/c1-16-7-3-14-6(2-10)5(4-15)8(7)17-9(11,12)13/h3,15H,2,4H2,1H3. The van der Waals surface area contributed by atoms with E-state index in [4.69, 9.17) is 21.4 Å². The largest absolute Gasteiger partial charge is 0.573 e. The van der Waals surface area contributed by atoms with Crippen LogP contribution < -0.4 is 9.47 Å². The van der Waals surface area contributed by atoms with Crippen LogP contribution >= 0.6 is 11.6 Å². The number of pyridine rings is 1. The van der Waals surface area contributed by atoms with Gasteiger partial charge < -0.3 is 14.6 Å². The lowest BCUT2D eigenvalue weighted by Crippen LogP contribution is -2.19. The van der Waals surface area contributed by atoms with E-state index in [1.54, 1.807) is 0 Å². The van der Waals surface area contributed by atoms with Crippen LogP contribution in [0.2, 0.25) is 0 Å². The second-order valence-corrected chi connectivity index (χ2v) is 3.19. The molecule has 4 nitrogen and oxygen atoms in total. The lowest BCUT2D eigenvalue weighted by atomic mass is 10.2. The second kappa shape index (κ2) is 5.42. The molecule has 0 atom stereocenters. The van der Waals surface area contributed by atoms with Crippen molar-refractivity contribution >= 4 is 11.6 Å².